The van der Waals surface area contributed by atoms with Gasteiger partial charge in [0.1, 0.15) is 0 Å². The Hall–Kier alpha value is -3.10. The van der Waals surface area contributed by atoms with E-state index in [4.69, 9.17) is 0 Å². The molecule has 4 rings (SSSR count). The first kappa shape index (κ1) is 34.4. The minimum atomic E-state index is -1.59. The number of carboxylic acid groups (broad SMARTS) is 1. The number of pyridine rings is 3. The number of hydrogen-bond acceptors (Lipinski definition) is 9. The van der Waals surface area contributed by atoms with E-state index in [-0.39, 0.29) is 48.9 Å². The Balaban J connectivity index is 0.00000337. The van der Waals surface area contributed by atoms with Crippen LogP contribution in [0.2, 0.25) is 0 Å². The Kier molecular flexibility index (Phi) is 14.3. The molecule has 10 nitrogen and oxygen atoms in total. The summed E-state index contributed by atoms with van der Waals surface area (Å²) in [6, 6.07) is 21.6. The first-order valence-corrected chi connectivity index (χ1v) is 14.5. The predicted octanol–water partition coefficient (Wildman–Crippen LogP) is -0.0250. The van der Waals surface area contributed by atoms with Gasteiger partial charge in [0.2, 0.25) is 0 Å². The fraction of sp³-hybridized carbons (Fsp3) is 0.233. The van der Waals surface area contributed by atoms with Crippen molar-refractivity contribution in [2.45, 2.75) is 31.2 Å². The van der Waals surface area contributed by atoms with E-state index >= 15 is 0 Å². The minimum Gasteiger partial charge on any atom is -1.00 e. The minimum absolute atomic E-state index is 0. The Morgan fingerprint density at radius 2 is 1.51 bits per heavy atom. The summed E-state index contributed by atoms with van der Waals surface area (Å²) in [5.41, 5.74) is 3.94. The monoisotopic (exact) mass is 609 g/mol. The summed E-state index contributed by atoms with van der Waals surface area (Å²) in [5.74, 6) is -0.875. The number of nitrogens with one attached hydrogen (secondary N) is 1. The van der Waals surface area contributed by atoms with Crippen molar-refractivity contribution in [1.29, 1.82) is 0 Å². The quantitative estimate of drug-likeness (QED) is 0.107. The standard InChI is InChI=1S/C30H32BN5O5S.Na.H/c37-29(34-14-15-42-28(31(40)41)17-22-6-5-7-23(16-22)30(38)39)24-10-11-27(35-18-24)21-36(19-25-8-1-3-12-32-25)20-26-9-2-4-13-33-26;;/h1-13,16,18,28,40-41H,14-15,17,19-21H2,(H,34,37)(H,38,39);;/q;+1;-1. The number of carboxylic acids is 1. The molecule has 0 saturated carbocycles. The second-order valence-electron chi connectivity index (χ2n) is 9.61. The van der Waals surface area contributed by atoms with Crippen LogP contribution in [0.15, 0.2) is 91.4 Å². The second kappa shape index (κ2) is 17.9. The van der Waals surface area contributed by atoms with Gasteiger partial charge in [-0.25, -0.2) is 4.79 Å². The molecule has 4 N–H and O–H groups in total. The molecule has 3 heterocycles. The van der Waals surface area contributed by atoms with Gasteiger partial charge < -0.3 is 21.9 Å². The van der Waals surface area contributed by atoms with Gasteiger partial charge in [0.15, 0.2) is 0 Å². The van der Waals surface area contributed by atoms with Crippen molar-refractivity contribution in [1.82, 2.24) is 25.2 Å². The van der Waals surface area contributed by atoms with Gasteiger partial charge in [0.05, 0.1) is 28.2 Å². The molecular weight excluding hydrogens is 576 g/mol. The Morgan fingerprint density at radius 1 is 0.860 bits per heavy atom. The number of hydrogen-bond donors (Lipinski definition) is 4. The molecule has 13 heteroatoms. The number of rotatable bonds is 15. The van der Waals surface area contributed by atoms with Crippen LogP contribution in [-0.2, 0) is 26.1 Å². The fourth-order valence-corrected chi connectivity index (χ4v) is 5.29. The summed E-state index contributed by atoms with van der Waals surface area (Å²) in [7, 11) is -1.59. The van der Waals surface area contributed by atoms with Gasteiger partial charge in [-0.15, -0.1) is 0 Å². The van der Waals surface area contributed by atoms with Crippen LogP contribution in [0.25, 0.3) is 0 Å². The molecule has 218 valence electrons. The molecule has 0 radical (unpaired) electrons. The maximum atomic E-state index is 12.7. The summed E-state index contributed by atoms with van der Waals surface area (Å²) >= 11 is 1.29. The Labute approximate surface area is 278 Å². The van der Waals surface area contributed by atoms with E-state index in [0.29, 0.717) is 43.1 Å². The van der Waals surface area contributed by atoms with Gasteiger partial charge in [-0.1, -0.05) is 24.3 Å². The number of aromatic nitrogens is 3. The van der Waals surface area contributed by atoms with Crippen LogP contribution in [0, 0.1) is 0 Å². The molecule has 0 saturated heterocycles. The summed E-state index contributed by atoms with van der Waals surface area (Å²) in [5, 5.41) is 31.1. The molecule has 0 bridgehead atoms. The molecule has 1 aromatic carbocycles. The number of nitrogens with zero attached hydrogens (tertiary/aromatic N) is 4. The first-order chi connectivity index (χ1) is 20.4. The van der Waals surface area contributed by atoms with Crippen molar-refractivity contribution in [3.63, 3.8) is 0 Å². The average molecular weight is 609 g/mol. The van der Waals surface area contributed by atoms with Gasteiger partial charge in [-0.2, -0.15) is 11.8 Å². The summed E-state index contributed by atoms with van der Waals surface area (Å²) < 4.78 is 0. The molecule has 1 atom stereocenters. The van der Waals surface area contributed by atoms with Gasteiger partial charge in [0, 0.05) is 55.7 Å². The zero-order chi connectivity index (χ0) is 29.7. The van der Waals surface area contributed by atoms with Crippen LogP contribution < -0.4 is 34.9 Å². The van der Waals surface area contributed by atoms with Crippen LogP contribution >= 0.6 is 11.8 Å². The molecule has 4 aromatic rings. The molecule has 1 unspecified atom stereocenters. The van der Waals surface area contributed by atoms with Crippen molar-refractivity contribution < 1.29 is 55.7 Å². The smallest absolute Gasteiger partial charge is 1.00 e. The number of thioether (sulfide) groups is 1. The molecule has 0 spiro atoms. The normalized spacial score (nSPS) is 11.4. The zero-order valence-electron chi connectivity index (χ0n) is 24.9. The van der Waals surface area contributed by atoms with Crippen molar-refractivity contribution in [3.8, 4) is 0 Å². The maximum absolute atomic E-state index is 12.7. The van der Waals surface area contributed by atoms with E-state index in [2.05, 4.69) is 25.2 Å². The summed E-state index contributed by atoms with van der Waals surface area (Å²) in [6.45, 7) is 2.10. The van der Waals surface area contributed by atoms with Gasteiger partial charge in [0.25, 0.3) is 5.91 Å². The Morgan fingerprint density at radius 3 is 2.05 bits per heavy atom. The number of benzene rings is 1. The molecular formula is C30H33BN5NaO5S. The molecule has 0 fully saturated rings. The van der Waals surface area contributed by atoms with E-state index < -0.39 is 18.2 Å². The van der Waals surface area contributed by atoms with Crippen LogP contribution in [0.4, 0.5) is 0 Å². The van der Waals surface area contributed by atoms with Crippen LogP contribution in [0.1, 0.15) is 44.8 Å². The molecule has 1 amide bonds. The Bertz CT molecular complexity index is 1400. The van der Waals surface area contributed by atoms with E-state index in [9.17, 15) is 24.7 Å². The summed E-state index contributed by atoms with van der Waals surface area (Å²) in [6.07, 6.45) is 5.36. The number of aromatic carboxylic acids is 1. The maximum Gasteiger partial charge on any atom is 1.00 e. The van der Waals surface area contributed by atoms with Crippen LogP contribution in [0.5, 0.6) is 0 Å². The summed E-state index contributed by atoms with van der Waals surface area (Å²) in [4.78, 5) is 39.5. The van der Waals surface area contributed by atoms with Crippen LogP contribution in [0.3, 0.4) is 0 Å². The third-order valence-corrected chi connectivity index (χ3v) is 7.64. The molecule has 0 aliphatic heterocycles. The SMILES string of the molecule is O=C(O)c1cccc(CC(SCCNC(=O)c2ccc(CN(Cc3ccccn3)Cc3ccccn3)nc2)B(O)O)c1.[H-].[Na+]. The average Bonchev–Trinajstić information content (AvgIpc) is 3.00. The fourth-order valence-electron chi connectivity index (χ4n) is 4.28. The zero-order valence-corrected chi connectivity index (χ0v) is 26.7. The second-order valence-corrected chi connectivity index (χ2v) is 11.0. The van der Waals surface area contributed by atoms with Crippen LogP contribution in [-0.4, -0.2) is 71.4 Å². The van der Waals surface area contributed by atoms with Crippen molar-refractivity contribution in [2.75, 3.05) is 12.3 Å². The third kappa shape index (κ3) is 11.5. The predicted molar refractivity (Wildman–Crippen MR) is 163 cm³/mol. The van der Waals surface area contributed by atoms with E-state index in [1.54, 1.807) is 36.8 Å². The molecule has 3 aromatic heterocycles. The number of carbonyl (C=O) groups is 2. The van der Waals surface area contributed by atoms with Gasteiger partial charge >= 0.3 is 42.6 Å². The first-order valence-electron chi connectivity index (χ1n) is 13.4. The topological polar surface area (TPSA) is 149 Å². The van der Waals surface area contributed by atoms with E-state index in [1.165, 1.54) is 23.9 Å². The van der Waals surface area contributed by atoms with Crippen molar-refractivity contribution in [2.24, 2.45) is 0 Å². The number of amides is 1. The third-order valence-electron chi connectivity index (χ3n) is 6.36. The molecule has 43 heavy (non-hydrogen) atoms. The van der Waals surface area contributed by atoms with Crippen molar-refractivity contribution >= 4 is 30.8 Å². The van der Waals surface area contributed by atoms with Gasteiger partial charge in [-0.05, 0) is 60.5 Å². The largest absolute Gasteiger partial charge is 1.00 e. The number of carbonyl (C=O) groups excluding carboxylic acids is 1. The molecule has 0 aliphatic carbocycles. The van der Waals surface area contributed by atoms with Gasteiger partial charge in [-0.3, -0.25) is 24.6 Å². The molecule has 0 aliphatic rings. The van der Waals surface area contributed by atoms with E-state index in [1.807, 2.05) is 42.5 Å². The van der Waals surface area contributed by atoms with Crippen molar-refractivity contribution in [3.05, 3.63) is 125 Å². The van der Waals surface area contributed by atoms with E-state index in [0.717, 1.165) is 17.1 Å².